The van der Waals surface area contributed by atoms with E-state index < -0.39 is 23.3 Å². The van der Waals surface area contributed by atoms with Crippen molar-refractivity contribution < 1.29 is 18.3 Å². The van der Waals surface area contributed by atoms with E-state index in [-0.39, 0.29) is 5.69 Å². The van der Waals surface area contributed by atoms with Crippen LogP contribution in [0.2, 0.25) is 0 Å². The van der Waals surface area contributed by atoms with Crippen molar-refractivity contribution in [1.29, 1.82) is 0 Å². The van der Waals surface area contributed by atoms with Gasteiger partial charge in [-0.3, -0.25) is 9.97 Å². The summed E-state index contributed by atoms with van der Waals surface area (Å²) >= 11 is 0. The molecule has 6 heteroatoms. The zero-order valence-electron chi connectivity index (χ0n) is 11.7. The van der Waals surface area contributed by atoms with Crippen molar-refractivity contribution in [3.8, 4) is 0 Å². The van der Waals surface area contributed by atoms with Gasteiger partial charge < -0.3 is 5.11 Å². The standard InChI is InChI=1S/C16H15F3N2O/c17-16(18,19)11-5-9-21-13(10-11)15(6-3-7-15)14(22)12-4-1-2-8-20-12/h1-2,4-5,8-10,14,22H,3,6-7H2/t14-/m0/s1. The minimum absolute atomic E-state index is 0.284. The van der Waals surface area contributed by atoms with Crippen LogP contribution >= 0.6 is 0 Å². The molecule has 1 N–H and O–H groups in total. The fraction of sp³-hybridized carbons (Fsp3) is 0.375. The summed E-state index contributed by atoms with van der Waals surface area (Å²) in [7, 11) is 0. The van der Waals surface area contributed by atoms with Crippen molar-refractivity contribution in [2.45, 2.75) is 37.0 Å². The first-order valence-corrected chi connectivity index (χ1v) is 7.06. The second kappa shape index (κ2) is 5.35. The molecule has 2 heterocycles. The van der Waals surface area contributed by atoms with Gasteiger partial charge in [0.1, 0.15) is 6.10 Å². The predicted octanol–water partition coefficient (Wildman–Crippen LogP) is 3.65. The lowest BCUT2D eigenvalue weighted by Crippen LogP contribution is -2.41. The Morgan fingerprint density at radius 3 is 2.41 bits per heavy atom. The van der Waals surface area contributed by atoms with Crippen LogP contribution < -0.4 is 0 Å². The number of aliphatic hydroxyl groups excluding tert-OH is 1. The Labute approximate surface area is 125 Å². The number of hydrogen-bond donors (Lipinski definition) is 1. The highest BCUT2D eigenvalue weighted by Crippen LogP contribution is 2.51. The van der Waals surface area contributed by atoms with Crippen LogP contribution in [0.3, 0.4) is 0 Å². The van der Waals surface area contributed by atoms with Gasteiger partial charge >= 0.3 is 6.18 Å². The number of rotatable bonds is 3. The Hall–Kier alpha value is -1.95. The highest BCUT2D eigenvalue weighted by molar-refractivity contribution is 5.31. The minimum Gasteiger partial charge on any atom is -0.386 e. The summed E-state index contributed by atoms with van der Waals surface area (Å²) in [5.74, 6) is 0. The molecule has 3 nitrogen and oxygen atoms in total. The van der Waals surface area contributed by atoms with Crippen molar-refractivity contribution in [3.63, 3.8) is 0 Å². The summed E-state index contributed by atoms with van der Waals surface area (Å²) in [5.41, 5.74) is -0.777. The third kappa shape index (κ3) is 2.47. The molecule has 0 unspecified atom stereocenters. The number of aliphatic hydroxyl groups is 1. The third-order valence-electron chi connectivity index (χ3n) is 4.33. The molecule has 0 radical (unpaired) electrons. The molecular formula is C16H15F3N2O. The molecule has 2 aromatic rings. The maximum Gasteiger partial charge on any atom is 0.416 e. The molecule has 1 atom stereocenters. The summed E-state index contributed by atoms with van der Waals surface area (Å²) in [4.78, 5) is 8.23. The minimum atomic E-state index is -4.42. The van der Waals surface area contributed by atoms with Gasteiger partial charge in [0.25, 0.3) is 0 Å². The molecule has 0 saturated heterocycles. The molecule has 2 aromatic heterocycles. The summed E-state index contributed by atoms with van der Waals surface area (Å²) in [6.45, 7) is 0. The second-order valence-electron chi connectivity index (χ2n) is 5.59. The monoisotopic (exact) mass is 308 g/mol. The van der Waals surface area contributed by atoms with E-state index in [0.29, 0.717) is 18.5 Å². The van der Waals surface area contributed by atoms with Crippen LogP contribution in [0, 0.1) is 0 Å². The Morgan fingerprint density at radius 1 is 1.09 bits per heavy atom. The van der Waals surface area contributed by atoms with Gasteiger partial charge in [-0.1, -0.05) is 12.5 Å². The molecule has 0 bridgehead atoms. The molecule has 0 aliphatic heterocycles. The Balaban J connectivity index is 2.00. The summed E-state index contributed by atoms with van der Waals surface area (Å²) in [6, 6.07) is 7.15. The van der Waals surface area contributed by atoms with Crippen LogP contribution in [-0.4, -0.2) is 15.1 Å². The summed E-state index contributed by atoms with van der Waals surface area (Å²) in [6.07, 6.45) is -0.620. The van der Waals surface area contributed by atoms with Crippen molar-refractivity contribution in [3.05, 3.63) is 59.7 Å². The van der Waals surface area contributed by atoms with Gasteiger partial charge in [-0.2, -0.15) is 13.2 Å². The van der Waals surface area contributed by atoms with Gasteiger partial charge in [-0.05, 0) is 37.1 Å². The average Bonchev–Trinajstić information content (AvgIpc) is 2.46. The van der Waals surface area contributed by atoms with Gasteiger partial charge in [0.15, 0.2) is 0 Å². The van der Waals surface area contributed by atoms with Gasteiger partial charge in [-0.25, -0.2) is 0 Å². The number of alkyl halides is 3. The Morgan fingerprint density at radius 2 is 1.86 bits per heavy atom. The maximum atomic E-state index is 12.9. The molecule has 116 valence electrons. The van der Waals surface area contributed by atoms with Gasteiger partial charge in [0.2, 0.25) is 0 Å². The number of hydrogen-bond acceptors (Lipinski definition) is 3. The fourth-order valence-corrected chi connectivity index (χ4v) is 2.93. The zero-order chi connectivity index (χ0) is 15.8. The average molecular weight is 308 g/mol. The molecule has 1 fully saturated rings. The van der Waals surface area contributed by atoms with Crippen LogP contribution in [0.4, 0.5) is 13.2 Å². The lowest BCUT2D eigenvalue weighted by molar-refractivity contribution is -0.137. The predicted molar refractivity (Wildman–Crippen MR) is 74.0 cm³/mol. The SMILES string of the molecule is O[C@@H](c1ccccn1)C1(c2cc(C(F)(F)F)ccn2)CCC1. The number of halogens is 3. The third-order valence-corrected chi connectivity index (χ3v) is 4.33. The fourth-order valence-electron chi connectivity index (χ4n) is 2.93. The van der Waals surface area contributed by atoms with E-state index in [4.69, 9.17) is 0 Å². The van der Waals surface area contributed by atoms with Gasteiger partial charge in [0, 0.05) is 17.8 Å². The van der Waals surface area contributed by atoms with Crippen molar-refractivity contribution in [2.75, 3.05) is 0 Å². The molecule has 0 spiro atoms. The largest absolute Gasteiger partial charge is 0.416 e. The van der Waals surface area contributed by atoms with E-state index in [9.17, 15) is 18.3 Å². The first kappa shape index (κ1) is 15.0. The van der Waals surface area contributed by atoms with Crippen LogP contribution in [0.15, 0.2) is 42.7 Å². The zero-order valence-corrected chi connectivity index (χ0v) is 11.7. The molecule has 1 aliphatic carbocycles. The topological polar surface area (TPSA) is 46.0 Å². The first-order chi connectivity index (χ1) is 10.4. The lowest BCUT2D eigenvalue weighted by atomic mass is 9.62. The smallest absolute Gasteiger partial charge is 0.386 e. The van der Waals surface area contributed by atoms with Crippen LogP contribution in [0.5, 0.6) is 0 Å². The van der Waals surface area contributed by atoms with Crippen molar-refractivity contribution in [1.82, 2.24) is 9.97 Å². The molecule has 1 saturated carbocycles. The van der Waals surface area contributed by atoms with Crippen molar-refractivity contribution in [2.24, 2.45) is 0 Å². The highest BCUT2D eigenvalue weighted by atomic mass is 19.4. The molecule has 1 aliphatic rings. The molecule has 22 heavy (non-hydrogen) atoms. The van der Waals surface area contributed by atoms with E-state index in [1.54, 1.807) is 24.4 Å². The molecular weight excluding hydrogens is 293 g/mol. The van der Waals surface area contributed by atoms with Gasteiger partial charge in [-0.15, -0.1) is 0 Å². The maximum absolute atomic E-state index is 12.9. The normalized spacial score (nSPS) is 18.5. The Kier molecular flexibility index (Phi) is 3.64. The quantitative estimate of drug-likeness (QED) is 0.941. The molecule has 0 amide bonds. The van der Waals surface area contributed by atoms with Crippen LogP contribution in [0.25, 0.3) is 0 Å². The second-order valence-corrected chi connectivity index (χ2v) is 5.59. The number of aromatic nitrogens is 2. The lowest BCUT2D eigenvalue weighted by Gasteiger charge is -2.44. The van der Waals surface area contributed by atoms with E-state index in [2.05, 4.69) is 9.97 Å². The van der Waals surface area contributed by atoms with Crippen molar-refractivity contribution >= 4 is 0 Å². The summed E-state index contributed by atoms with van der Waals surface area (Å²) in [5, 5.41) is 10.7. The number of nitrogens with zero attached hydrogens (tertiary/aromatic N) is 2. The van der Waals surface area contributed by atoms with E-state index in [1.807, 2.05) is 0 Å². The number of pyridine rings is 2. The molecule has 3 rings (SSSR count). The van der Waals surface area contributed by atoms with Gasteiger partial charge in [0.05, 0.1) is 17.0 Å². The Bertz CT molecular complexity index is 654. The van der Waals surface area contributed by atoms with Crippen LogP contribution in [-0.2, 0) is 11.6 Å². The summed E-state index contributed by atoms with van der Waals surface area (Å²) < 4.78 is 38.7. The highest BCUT2D eigenvalue weighted by Gasteiger charge is 2.48. The van der Waals surface area contributed by atoms with E-state index >= 15 is 0 Å². The molecule has 0 aromatic carbocycles. The first-order valence-electron chi connectivity index (χ1n) is 7.06. The van der Waals surface area contributed by atoms with E-state index in [1.165, 1.54) is 0 Å². The van der Waals surface area contributed by atoms with Crippen LogP contribution in [0.1, 0.15) is 42.3 Å². The van der Waals surface area contributed by atoms with E-state index in [0.717, 1.165) is 24.8 Å².